The summed E-state index contributed by atoms with van der Waals surface area (Å²) in [5, 5.41) is 4.83. The van der Waals surface area contributed by atoms with Crippen LogP contribution in [0.15, 0.2) is 34.2 Å². The molecule has 0 saturated heterocycles. The monoisotopic (exact) mass is 420 g/mol. The molecule has 0 saturated carbocycles. The molecule has 0 aliphatic heterocycles. The van der Waals surface area contributed by atoms with E-state index in [-0.39, 0.29) is 29.7 Å². The third-order valence-electron chi connectivity index (χ3n) is 3.90. The number of esters is 1. The molecule has 9 nitrogen and oxygen atoms in total. The summed E-state index contributed by atoms with van der Waals surface area (Å²) in [4.78, 5) is 53.0. The lowest BCUT2D eigenvalue weighted by Gasteiger charge is -2.16. The molecule has 2 aromatic rings. The van der Waals surface area contributed by atoms with Crippen LogP contribution in [0.3, 0.4) is 0 Å². The van der Waals surface area contributed by atoms with Crippen LogP contribution in [-0.2, 0) is 20.9 Å². The molecule has 0 spiro atoms. The molecule has 0 unspecified atom stereocenters. The average molecular weight is 420 g/mol. The number of ether oxygens (including phenoxy) is 1. The zero-order valence-electron chi connectivity index (χ0n) is 16.7. The molecule has 1 aromatic carbocycles. The summed E-state index contributed by atoms with van der Waals surface area (Å²) >= 11 is 1.04. The zero-order valence-corrected chi connectivity index (χ0v) is 17.5. The van der Waals surface area contributed by atoms with Gasteiger partial charge in [-0.25, -0.2) is 9.78 Å². The van der Waals surface area contributed by atoms with Crippen LogP contribution in [0.2, 0.25) is 0 Å². The van der Waals surface area contributed by atoms with Gasteiger partial charge in [-0.05, 0) is 32.9 Å². The Hall–Kier alpha value is -2.88. The zero-order chi connectivity index (χ0) is 21.6. The Balaban J connectivity index is 2.29. The molecule has 3 amide bonds. The van der Waals surface area contributed by atoms with Crippen LogP contribution >= 0.6 is 11.8 Å². The van der Waals surface area contributed by atoms with E-state index in [2.05, 4.69) is 20.4 Å². The van der Waals surface area contributed by atoms with Gasteiger partial charge in [0.05, 0.1) is 29.7 Å². The molecule has 0 radical (unpaired) electrons. The second-order valence-corrected chi connectivity index (χ2v) is 7.88. The number of hydrogen-bond acceptors (Lipinski definition) is 7. The molecule has 10 heteroatoms. The lowest BCUT2D eigenvalue weighted by Crippen LogP contribution is -2.45. The minimum absolute atomic E-state index is 0.0125. The summed E-state index contributed by atoms with van der Waals surface area (Å²) in [5.41, 5.74) is 0.173. The molecular weight excluding hydrogens is 396 g/mol. The van der Waals surface area contributed by atoms with Crippen molar-refractivity contribution in [3.63, 3.8) is 0 Å². The Morgan fingerprint density at radius 2 is 1.90 bits per heavy atom. The Bertz CT molecular complexity index is 973. The highest BCUT2D eigenvalue weighted by atomic mass is 32.2. The van der Waals surface area contributed by atoms with Crippen molar-refractivity contribution in [3.05, 3.63) is 34.6 Å². The van der Waals surface area contributed by atoms with E-state index in [4.69, 9.17) is 0 Å². The van der Waals surface area contributed by atoms with Gasteiger partial charge in [0.25, 0.3) is 5.56 Å². The number of nitrogens with one attached hydrogen (secondary N) is 2. The summed E-state index contributed by atoms with van der Waals surface area (Å²) < 4.78 is 5.99. The molecule has 0 aliphatic carbocycles. The fraction of sp³-hybridized carbons (Fsp3) is 0.421. The topological polar surface area (TPSA) is 119 Å². The molecular formula is C19H24N4O5S. The van der Waals surface area contributed by atoms with Gasteiger partial charge in [0, 0.05) is 12.6 Å². The number of methoxy groups -OCH3 is 1. The van der Waals surface area contributed by atoms with Crippen molar-refractivity contribution < 1.29 is 19.1 Å². The second-order valence-electron chi connectivity index (χ2n) is 6.57. The maximum absolute atomic E-state index is 12.9. The molecule has 156 valence electrons. The molecule has 0 fully saturated rings. The minimum atomic E-state index is -0.703. The quantitative estimate of drug-likeness (QED) is 0.397. The number of fused-ring (bicyclic) bond motifs is 1. The van der Waals surface area contributed by atoms with Gasteiger partial charge in [-0.15, -0.1) is 0 Å². The summed E-state index contributed by atoms with van der Waals surface area (Å²) in [6.45, 7) is 5.23. The Morgan fingerprint density at radius 1 is 1.21 bits per heavy atom. The Kier molecular flexibility index (Phi) is 7.77. The number of urea groups is 1. The summed E-state index contributed by atoms with van der Waals surface area (Å²) in [6.07, 6.45) is -0.0125. The van der Waals surface area contributed by atoms with Crippen LogP contribution < -0.4 is 16.2 Å². The molecule has 0 bridgehead atoms. The number of nitrogens with zero attached hydrogens (tertiary/aromatic N) is 2. The highest BCUT2D eigenvalue weighted by molar-refractivity contribution is 8.00. The normalized spacial score (nSPS) is 11.9. The summed E-state index contributed by atoms with van der Waals surface area (Å²) in [6, 6.07) is 6.14. The lowest BCUT2D eigenvalue weighted by atomic mass is 10.2. The average Bonchev–Trinajstić information content (AvgIpc) is 2.66. The van der Waals surface area contributed by atoms with Crippen molar-refractivity contribution in [3.8, 4) is 0 Å². The molecule has 0 aliphatic rings. The third-order valence-corrected chi connectivity index (χ3v) is 4.99. The first-order chi connectivity index (χ1) is 13.7. The fourth-order valence-corrected chi connectivity index (χ4v) is 3.40. The van der Waals surface area contributed by atoms with Crippen molar-refractivity contribution >= 4 is 40.6 Å². The van der Waals surface area contributed by atoms with E-state index in [1.165, 1.54) is 11.7 Å². The number of amides is 3. The first-order valence-electron chi connectivity index (χ1n) is 9.07. The van der Waals surface area contributed by atoms with Gasteiger partial charge in [-0.3, -0.25) is 24.3 Å². The molecule has 1 atom stereocenters. The number of thioether (sulfide) groups is 1. The van der Waals surface area contributed by atoms with Gasteiger partial charge in [-0.2, -0.15) is 0 Å². The maximum Gasteiger partial charge on any atom is 0.321 e. The molecule has 29 heavy (non-hydrogen) atoms. The van der Waals surface area contributed by atoms with Crippen LogP contribution in [-0.4, -0.2) is 45.9 Å². The van der Waals surface area contributed by atoms with E-state index >= 15 is 0 Å². The number of hydrogen-bond donors (Lipinski definition) is 2. The second kappa shape index (κ2) is 10.1. The fourth-order valence-electron chi connectivity index (χ4n) is 2.46. The van der Waals surface area contributed by atoms with Gasteiger partial charge in [0.2, 0.25) is 5.91 Å². The maximum atomic E-state index is 12.9. The summed E-state index contributed by atoms with van der Waals surface area (Å²) in [7, 11) is 1.27. The van der Waals surface area contributed by atoms with Crippen molar-refractivity contribution in [2.24, 2.45) is 0 Å². The van der Waals surface area contributed by atoms with E-state index in [0.717, 1.165) is 11.8 Å². The number of carbonyl (C=O) groups excluding carboxylic acids is 3. The highest BCUT2D eigenvalue weighted by Crippen LogP contribution is 2.23. The van der Waals surface area contributed by atoms with Crippen LogP contribution in [0, 0.1) is 0 Å². The number of aromatic nitrogens is 2. The molecule has 2 N–H and O–H groups in total. The van der Waals surface area contributed by atoms with Gasteiger partial charge in [0.15, 0.2) is 5.16 Å². The minimum Gasteiger partial charge on any atom is -0.469 e. The van der Waals surface area contributed by atoms with Gasteiger partial charge >= 0.3 is 12.0 Å². The van der Waals surface area contributed by atoms with Crippen LogP contribution in [0.1, 0.15) is 27.2 Å². The first kappa shape index (κ1) is 22.4. The molecule has 2 rings (SSSR count). The van der Waals surface area contributed by atoms with E-state index in [1.54, 1.807) is 45.0 Å². The van der Waals surface area contributed by atoms with E-state index in [1.807, 2.05) is 0 Å². The van der Waals surface area contributed by atoms with Crippen LogP contribution in [0.5, 0.6) is 0 Å². The number of para-hydroxylation sites is 1. The van der Waals surface area contributed by atoms with Crippen molar-refractivity contribution in [1.82, 2.24) is 20.2 Å². The Labute approximate surface area is 172 Å². The predicted octanol–water partition coefficient (Wildman–Crippen LogP) is 1.67. The third kappa shape index (κ3) is 6.05. The van der Waals surface area contributed by atoms with Gasteiger partial charge in [0.1, 0.15) is 0 Å². The number of imide groups is 1. The van der Waals surface area contributed by atoms with Crippen molar-refractivity contribution in [2.75, 3.05) is 7.11 Å². The summed E-state index contributed by atoms with van der Waals surface area (Å²) in [5.74, 6) is -0.979. The van der Waals surface area contributed by atoms with Crippen molar-refractivity contribution in [2.45, 2.75) is 50.2 Å². The van der Waals surface area contributed by atoms with Crippen molar-refractivity contribution in [1.29, 1.82) is 0 Å². The lowest BCUT2D eigenvalue weighted by molar-refractivity contribution is -0.140. The standard InChI is InChI=1S/C19H24N4O5S/c1-11(2)20-18(27)22-16(25)12(3)29-19-21-14-8-6-5-7-13(14)17(26)23(19)10-9-15(24)28-4/h5-8,11-12H,9-10H2,1-4H3,(H2,20,22,25,27)/t12-/m1/s1. The molecule has 1 heterocycles. The Morgan fingerprint density at radius 3 is 2.55 bits per heavy atom. The number of rotatable bonds is 7. The number of carbonyl (C=O) groups is 3. The smallest absolute Gasteiger partial charge is 0.321 e. The van der Waals surface area contributed by atoms with Gasteiger partial charge in [-0.1, -0.05) is 23.9 Å². The van der Waals surface area contributed by atoms with Gasteiger partial charge < -0.3 is 10.1 Å². The SMILES string of the molecule is COC(=O)CCn1c(S[C@H](C)C(=O)NC(=O)NC(C)C)nc2ccccc2c1=O. The van der Waals surface area contributed by atoms with E-state index in [0.29, 0.717) is 10.9 Å². The highest BCUT2D eigenvalue weighted by Gasteiger charge is 2.21. The number of benzene rings is 1. The predicted molar refractivity (Wildman–Crippen MR) is 110 cm³/mol. The first-order valence-corrected chi connectivity index (χ1v) is 9.95. The largest absolute Gasteiger partial charge is 0.469 e. The van der Waals surface area contributed by atoms with E-state index in [9.17, 15) is 19.2 Å². The van der Waals surface area contributed by atoms with E-state index < -0.39 is 23.2 Å². The van der Waals surface area contributed by atoms with Crippen LogP contribution in [0.25, 0.3) is 10.9 Å². The van der Waals surface area contributed by atoms with Crippen LogP contribution in [0.4, 0.5) is 4.79 Å². The molecule has 1 aromatic heterocycles.